The van der Waals surface area contributed by atoms with Gasteiger partial charge in [0, 0.05) is 19.8 Å². The Labute approximate surface area is 105 Å². The summed E-state index contributed by atoms with van der Waals surface area (Å²) in [5, 5.41) is 2.92. The van der Waals surface area contributed by atoms with Crippen LogP contribution in [0, 0.1) is 0 Å². The molecule has 0 aliphatic rings. The van der Waals surface area contributed by atoms with Crippen LogP contribution in [0.4, 0.5) is 4.79 Å². The molecule has 1 unspecified atom stereocenters. The molecule has 0 aliphatic carbocycles. The van der Waals surface area contributed by atoms with E-state index in [9.17, 15) is 4.79 Å². The topological polar surface area (TPSA) is 47.6 Å². The predicted molar refractivity (Wildman–Crippen MR) is 69.2 cm³/mol. The zero-order valence-electron chi connectivity index (χ0n) is 11.8. The molecular formula is C13H27NO3. The first-order chi connectivity index (χ1) is 7.89. The zero-order valence-corrected chi connectivity index (χ0v) is 11.8. The fourth-order valence-corrected chi connectivity index (χ4v) is 1.59. The number of alkyl carbamates (subject to hydrolysis) is 1. The molecule has 0 spiro atoms. The van der Waals surface area contributed by atoms with E-state index in [1.54, 1.807) is 7.11 Å². The second-order valence-corrected chi connectivity index (χ2v) is 5.27. The number of methoxy groups -OCH3 is 1. The third-order valence-corrected chi connectivity index (χ3v) is 2.26. The first kappa shape index (κ1) is 16.2. The molecule has 0 aliphatic heterocycles. The van der Waals surface area contributed by atoms with Gasteiger partial charge in [0.1, 0.15) is 5.60 Å². The van der Waals surface area contributed by atoms with Crippen LogP contribution >= 0.6 is 0 Å². The molecule has 0 fully saturated rings. The number of amides is 1. The van der Waals surface area contributed by atoms with E-state index in [4.69, 9.17) is 9.47 Å². The maximum absolute atomic E-state index is 11.6. The van der Waals surface area contributed by atoms with Crippen molar-refractivity contribution in [3.05, 3.63) is 0 Å². The molecule has 0 aromatic carbocycles. The lowest BCUT2D eigenvalue weighted by Gasteiger charge is -2.23. The third-order valence-electron chi connectivity index (χ3n) is 2.26. The third kappa shape index (κ3) is 10.1. The number of carbonyl (C=O) groups excluding carboxylic acids is 1. The Morgan fingerprint density at radius 2 is 1.94 bits per heavy atom. The SMILES string of the molecule is CCCC(CCCOC)NC(=O)OC(C)(C)C. The molecule has 102 valence electrons. The zero-order chi connectivity index (χ0) is 13.3. The minimum absolute atomic E-state index is 0.185. The van der Waals surface area contributed by atoms with Crippen LogP contribution in [0.25, 0.3) is 0 Å². The molecule has 0 rings (SSSR count). The van der Waals surface area contributed by atoms with E-state index in [0.717, 1.165) is 32.3 Å². The molecule has 0 saturated carbocycles. The minimum Gasteiger partial charge on any atom is -0.444 e. The van der Waals surface area contributed by atoms with Crippen molar-refractivity contribution in [1.82, 2.24) is 5.32 Å². The Morgan fingerprint density at radius 1 is 1.29 bits per heavy atom. The normalized spacial score (nSPS) is 13.2. The van der Waals surface area contributed by atoms with Crippen LogP contribution in [0.3, 0.4) is 0 Å². The van der Waals surface area contributed by atoms with Crippen molar-refractivity contribution in [3.63, 3.8) is 0 Å². The highest BCUT2D eigenvalue weighted by Crippen LogP contribution is 2.09. The molecule has 1 amide bonds. The van der Waals surface area contributed by atoms with Gasteiger partial charge in [-0.05, 0) is 40.0 Å². The number of hydrogen-bond acceptors (Lipinski definition) is 3. The molecule has 1 atom stereocenters. The van der Waals surface area contributed by atoms with Gasteiger partial charge in [-0.1, -0.05) is 13.3 Å². The van der Waals surface area contributed by atoms with Gasteiger partial charge in [0.2, 0.25) is 0 Å². The summed E-state index contributed by atoms with van der Waals surface area (Å²) in [4.78, 5) is 11.6. The van der Waals surface area contributed by atoms with Gasteiger partial charge in [-0.3, -0.25) is 0 Å². The first-order valence-corrected chi connectivity index (χ1v) is 6.37. The van der Waals surface area contributed by atoms with Gasteiger partial charge >= 0.3 is 6.09 Å². The summed E-state index contributed by atoms with van der Waals surface area (Å²) >= 11 is 0. The highest BCUT2D eigenvalue weighted by Gasteiger charge is 2.18. The number of carbonyl (C=O) groups is 1. The quantitative estimate of drug-likeness (QED) is 0.701. The lowest BCUT2D eigenvalue weighted by molar-refractivity contribution is 0.0496. The predicted octanol–water partition coefficient (Wildman–Crippen LogP) is 3.11. The summed E-state index contributed by atoms with van der Waals surface area (Å²) in [5.41, 5.74) is -0.437. The summed E-state index contributed by atoms with van der Waals surface area (Å²) in [5.74, 6) is 0. The second-order valence-electron chi connectivity index (χ2n) is 5.27. The maximum atomic E-state index is 11.6. The molecular weight excluding hydrogens is 218 g/mol. The van der Waals surface area contributed by atoms with Gasteiger partial charge in [0.25, 0.3) is 0 Å². The summed E-state index contributed by atoms with van der Waals surface area (Å²) < 4.78 is 10.3. The van der Waals surface area contributed by atoms with Gasteiger partial charge in [0.05, 0.1) is 0 Å². The van der Waals surface area contributed by atoms with Crippen LogP contribution in [0.15, 0.2) is 0 Å². The Morgan fingerprint density at radius 3 is 2.41 bits per heavy atom. The lowest BCUT2D eigenvalue weighted by Crippen LogP contribution is -2.39. The van der Waals surface area contributed by atoms with E-state index in [0.29, 0.717) is 0 Å². The van der Waals surface area contributed by atoms with E-state index in [-0.39, 0.29) is 12.1 Å². The van der Waals surface area contributed by atoms with Crippen molar-refractivity contribution >= 4 is 6.09 Å². The summed E-state index contributed by atoms with van der Waals surface area (Å²) in [6.07, 6.45) is 3.59. The average molecular weight is 245 g/mol. The highest BCUT2D eigenvalue weighted by molar-refractivity contribution is 5.68. The fourth-order valence-electron chi connectivity index (χ4n) is 1.59. The van der Waals surface area contributed by atoms with E-state index in [1.807, 2.05) is 20.8 Å². The van der Waals surface area contributed by atoms with Crippen LogP contribution in [0.2, 0.25) is 0 Å². The fraction of sp³-hybridized carbons (Fsp3) is 0.923. The molecule has 0 aromatic heterocycles. The highest BCUT2D eigenvalue weighted by atomic mass is 16.6. The minimum atomic E-state index is -0.437. The van der Waals surface area contributed by atoms with Crippen molar-refractivity contribution in [1.29, 1.82) is 0 Å². The molecule has 0 aromatic rings. The molecule has 1 N–H and O–H groups in total. The van der Waals surface area contributed by atoms with Crippen LogP contribution in [-0.4, -0.2) is 31.5 Å². The molecule has 0 heterocycles. The summed E-state index contributed by atoms with van der Waals surface area (Å²) in [6.45, 7) is 8.45. The largest absolute Gasteiger partial charge is 0.444 e. The van der Waals surface area contributed by atoms with Crippen molar-refractivity contribution in [2.24, 2.45) is 0 Å². The molecule has 17 heavy (non-hydrogen) atoms. The van der Waals surface area contributed by atoms with Gasteiger partial charge in [-0.25, -0.2) is 4.79 Å². The second kappa shape index (κ2) is 8.34. The Kier molecular flexibility index (Phi) is 7.96. The van der Waals surface area contributed by atoms with Crippen molar-refractivity contribution in [3.8, 4) is 0 Å². The number of rotatable bonds is 7. The van der Waals surface area contributed by atoms with E-state index in [1.165, 1.54) is 0 Å². The molecule has 0 bridgehead atoms. The first-order valence-electron chi connectivity index (χ1n) is 6.37. The standard InChI is InChI=1S/C13H27NO3/c1-6-8-11(9-7-10-16-5)14-12(15)17-13(2,3)4/h11H,6-10H2,1-5H3,(H,14,15). The lowest BCUT2D eigenvalue weighted by atomic mass is 10.1. The molecule has 4 nitrogen and oxygen atoms in total. The van der Waals surface area contributed by atoms with Crippen molar-refractivity contribution < 1.29 is 14.3 Å². The molecule has 0 saturated heterocycles. The Hall–Kier alpha value is -0.770. The van der Waals surface area contributed by atoms with Crippen LogP contribution in [-0.2, 0) is 9.47 Å². The Balaban J connectivity index is 4.01. The van der Waals surface area contributed by atoms with E-state index >= 15 is 0 Å². The van der Waals surface area contributed by atoms with E-state index in [2.05, 4.69) is 12.2 Å². The van der Waals surface area contributed by atoms with E-state index < -0.39 is 5.60 Å². The van der Waals surface area contributed by atoms with Crippen molar-refractivity contribution in [2.45, 2.75) is 65.0 Å². The maximum Gasteiger partial charge on any atom is 0.407 e. The van der Waals surface area contributed by atoms with Gasteiger partial charge in [0.15, 0.2) is 0 Å². The smallest absolute Gasteiger partial charge is 0.407 e. The van der Waals surface area contributed by atoms with Gasteiger partial charge < -0.3 is 14.8 Å². The van der Waals surface area contributed by atoms with Gasteiger partial charge in [-0.2, -0.15) is 0 Å². The summed E-state index contributed by atoms with van der Waals surface area (Å²) in [7, 11) is 1.69. The van der Waals surface area contributed by atoms with Crippen LogP contribution in [0.1, 0.15) is 53.4 Å². The monoisotopic (exact) mass is 245 g/mol. The van der Waals surface area contributed by atoms with Crippen molar-refractivity contribution in [2.75, 3.05) is 13.7 Å². The summed E-state index contributed by atoms with van der Waals surface area (Å²) in [6, 6.07) is 0.185. The van der Waals surface area contributed by atoms with Crippen LogP contribution in [0.5, 0.6) is 0 Å². The number of hydrogen-bond donors (Lipinski definition) is 1. The van der Waals surface area contributed by atoms with Crippen LogP contribution < -0.4 is 5.32 Å². The number of ether oxygens (including phenoxy) is 2. The molecule has 4 heteroatoms. The average Bonchev–Trinajstić information content (AvgIpc) is 2.15. The number of nitrogens with one attached hydrogen (secondary N) is 1. The van der Waals surface area contributed by atoms with Gasteiger partial charge in [-0.15, -0.1) is 0 Å². The molecule has 0 radical (unpaired) electrons. The Bertz CT molecular complexity index is 211.